The number of carbonyl (C=O) groups is 2. The van der Waals surface area contributed by atoms with Crippen LogP contribution in [-0.2, 0) is 16.0 Å². The Kier molecular flexibility index (Phi) is 9.07. The number of nitrogens with one attached hydrogen (secondary N) is 1. The number of benzene rings is 2. The van der Waals surface area contributed by atoms with Crippen molar-refractivity contribution in [3.8, 4) is 5.75 Å². The van der Waals surface area contributed by atoms with Gasteiger partial charge in [0.05, 0.1) is 12.1 Å². The molecule has 2 aromatic carbocycles. The van der Waals surface area contributed by atoms with Crippen LogP contribution in [0.4, 0.5) is 10.5 Å². The van der Waals surface area contributed by atoms with Crippen LogP contribution in [0.3, 0.4) is 0 Å². The summed E-state index contributed by atoms with van der Waals surface area (Å²) in [6.45, 7) is 8.35. The minimum absolute atomic E-state index is 0.0173. The second kappa shape index (κ2) is 12.9. The zero-order valence-electron chi connectivity index (χ0n) is 23.6. The molecule has 0 aliphatic carbocycles. The van der Waals surface area contributed by atoms with Crippen molar-refractivity contribution in [1.82, 2.24) is 9.80 Å². The molecule has 0 bridgehead atoms. The van der Waals surface area contributed by atoms with Gasteiger partial charge in [-0.3, -0.25) is 4.79 Å². The van der Waals surface area contributed by atoms with Gasteiger partial charge in [-0.15, -0.1) is 11.3 Å². The predicted molar refractivity (Wildman–Crippen MR) is 159 cm³/mol. The second-order valence-corrected chi connectivity index (χ2v) is 12.0. The summed E-state index contributed by atoms with van der Waals surface area (Å²) in [7, 11) is 0. The van der Waals surface area contributed by atoms with E-state index >= 15 is 0 Å². The number of carbonyl (C=O) groups excluding carboxylic acids is 2. The molecule has 2 atom stereocenters. The van der Waals surface area contributed by atoms with Gasteiger partial charge < -0.3 is 24.6 Å². The lowest BCUT2D eigenvalue weighted by Gasteiger charge is -2.37. The van der Waals surface area contributed by atoms with E-state index in [1.807, 2.05) is 48.2 Å². The standard InChI is InChI=1S/C32H39N3O4S/c1-22(2)24-8-12-26(13-9-24)39-21-29-28-15-18-40-30(28)14-16-35(29)31(36)20-34(19-27-5-4-17-38-27)32(37)33-25-10-6-23(3)7-11-25/h6-13,15,18,22,27,29H,4-5,14,16-17,19-21H2,1-3H3,(H,33,37)/t27-,29-/m0/s1. The van der Waals surface area contributed by atoms with Crippen LogP contribution < -0.4 is 10.1 Å². The van der Waals surface area contributed by atoms with Crippen molar-refractivity contribution in [3.05, 3.63) is 81.5 Å². The fraction of sp³-hybridized carbons (Fsp3) is 0.438. The number of fused-ring (bicyclic) bond motifs is 1. The lowest BCUT2D eigenvalue weighted by atomic mass is 10.00. The number of rotatable bonds is 9. The number of hydrogen-bond acceptors (Lipinski definition) is 5. The van der Waals surface area contributed by atoms with Crippen molar-refractivity contribution in [3.63, 3.8) is 0 Å². The van der Waals surface area contributed by atoms with Crippen LogP contribution >= 0.6 is 11.3 Å². The van der Waals surface area contributed by atoms with Crippen LogP contribution in [0.25, 0.3) is 0 Å². The Balaban J connectivity index is 1.30. The van der Waals surface area contributed by atoms with E-state index in [0.29, 0.717) is 37.9 Å². The average molecular weight is 562 g/mol. The Labute approximate surface area is 241 Å². The van der Waals surface area contributed by atoms with Gasteiger partial charge in [0.25, 0.3) is 0 Å². The first-order valence-corrected chi connectivity index (χ1v) is 15.1. The number of ether oxygens (including phenoxy) is 2. The molecular formula is C32H39N3O4S. The maximum absolute atomic E-state index is 13.9. The van der Waals surface area contributed by atoms with Crippen molar-refractivity contribution in [2.24, 2.45) is 0 Å². The first-order chi connectivity index (χ1) is 19.4. The molecule has 0 spiro atoms. The first kappa shape index (κ1) is 28.2. The summed E-state index contributed by atoms with van der Waals surface area (Å²) in [5.74, 6) is 1.16. The van der Waals surface area contributed by atoms with Gasteiger partial charge in [-0.2, -0.15) is 0 Å². The normalized spacial score (nSPS) is 18.4. The monoisotopic (exact) mass is 561 g/mol. The van der Waals surface area contributed by atoms with Gasteiger partial charge in [0.1, 0.15) is 18.9 Å². The molecule has 3 amide bonds. The summed E-state index contributed by atoms with van der Waals surface area (Å²) in [6, 6.07) is 17.4. The van der Waals surface area contributed by atoms with Crippen molar-refractivity contribution in [2.75, 3.05) is 38.2 Å². The molecule has 1 N–H and O–H groups in total. The van der Waals surface area contributed by atoms with E-state index < -0.39 is 0 Å². The SMILES string of the molecule is Cc1ccc(NC(=O)N(CC(=O)N2CCc3sccc3[C@@H]2COc2ccc(C(C)C)cc2)C[C@@H]2CCCO2)cc1. The number of urea groups is 1. The lowest BCUT2D eigenvalue weighted by Crippen LogP contribution is -2.50. The largest absolute Gasteiger partial charge is 0.491 e. The predicted octanol–water partition coefficient (Wildman–Crippen LogP) is 6.40. The summed E-state index contributed by atoms with van der Waals surface area (Å²) in [5.41, 5.74) is 4.22. The van der Waals surface area contributed by atoms with Gasteiger partial charge >= 0.3 is 6.03 Å². The number of anilines is 1. The third-order valence-electron chi connectivity index (χ3n) is 7.73. The Hall–Kier alpha value is -3.36. The fourth-order valence-corrected chi connectivity index (χ4v) is 6.27. The molecule has 2 aliphatic heterocycles. The molecule has 40 heavy (non-hydrogen) atoms. The van der Waals surface area contributed by atoms with Gasteiger partial charge in [0.15, 0.2) is 0 Å². The number of thiophene rings is 1. The number of aryl methyl sites for hydroxylation is 1. The average Bonchev–Trinajstić information content (AvgIpc) is 3.65. The molecule has 5 rings (SSSR count). The molecule has 212 valence electrons. The van der Waals surface area contributed by atoms with Crippen LogP contribution in [0.2, 0.25) is 0 Å². The Morgan fingerprint density at radius 3 is 2.60 bits per heavy atom. The summed E-state index contributed by atoms with van der Waals surface area (Å²) in [6.07, 6.45) is 2.60. The Morgan fingerprint density at radius 1 is 1.12 bits per heavy atom. The summed E-state index contributed by atoms with van der Waals surface area (Å²) < 4.78 is 12.1. The van der Waals surface area contributed by atoms with Crippen LogP contribution in [0.1, 0.15) is 60.2 Å². The molecule has 3 heterocycles. The third kappa shape index (κ3) is 6.85. The Morgan fingerprint density at radius 2 is 1.90 bits per heavy atom. The molecule has 0 unspecified atom stereocenters. The number of amides is 3. The molecule has 0 radical (unpaired) electrons. The van der Waals surface area contributed by atoms with Gasteiger partial charge in [0, 0.05) is 30.3 Å². The summed E-state index contributed by atoms with van der Waals surface area (Å²) in [5, 5.41) is 5.06. The number of nitrogens with zero attached hydrogens (tertiary/aromatic N) is 2. The van der Waals surface area contributed by atoms with Crippen molar-refractivity contribution >= 4 is 29.0 Å². The van der Waals surface area contributed by atoms with Crippen molar-refractivity contribution < 1.29 is 19.1 Å². The van der Waals surface area contributed by atoms with Crippen LogP contribution in [0.15, 0.2) is 60.0 Å². The van der Waals surface area contributed by atoms with E-state index in [4.69, 9.17) is 9.47 Å². The highest BCUT2D eigenvalue weighted by molar-refractivity contribution is 7.10. The maximum atomic E-state index is 13.9. The zero-order valence-corrected chi connectivity index (χ0v) is 24.4. The summed E-state index contributed by atoms with van der Waals surface area (Å²) >= 11 is 1.73. The molecule has 8 heteroatoms. The maximum Gasteiger partial charge on any atom is 0.322 e. The smallest absolute Gasteiger partial charge is 0.322 e. The third-order valence-corrected chi connectivity index (χ3v) is 8.73. The molecule has 1 saturated heterocycles. The molecule has 1 aromatic heterocycles. The van der Waals surface area contributed by atoms with Gasteiger partial charge in [-0.25, -0.2) is 4.79 Å². The van der Waals surface area contributed by atoms with E-state index in [0.717, 1.165) is 36.1 Å². The van der Waals surface area contributed by atoms with E-state index in [9.17, 15) is 9.59 Å². The van der Waals surface area contributed by atoms with Gasteiger partial charge in [0.2, 0.25) is 5.91 Å². The summed E-state index contributed by atoms with van der Waals surface area (Å²) in [4.78, 5) is 32.0. The van der Waals surface area contributed by atoms with E-state index in [2.05, 4.69) is 42.7 Å². The van der Waals surface area contributed by atoms with Crippen molar-refractivity contribution in [2.45, 2.75) is 58.1 Å². The molecule has 7 nitrogen and oxygen atoms in total. The van der Waals surface area contributed by atoms with Crippen molar-refractivity contribution in [1.29, 1.82) is 0 Å². The highest BCUT2D eigenvalue weighted by Crippen LogP contribution is 2.34. The lowest BCUT2D eigenvalue weighted by molar-refractivity contribution is -0.135. The molecule has 2 aliphatic rings. The van der Waals surface area contributed by atoms with E-state index in [1.165, 1.54) is 10.4 Å². The van der Waals surface area contributed by atoms with Crippen LogP contribution in [-0.4, -0.2) is 60.7 Å². The molecule has 1 fully saturated rings. The molecular weight excluding hydrogens is 522 g/mol. The quantitative estimate of drug-likeness (QED) is 0.328. The minimum Gasteiger partial charge on any atom is -0.491 e. The van der Waals surface area contributed by atoms with Gasteiger partial charge in [-0.05, 0) is 78.9 Å². The van der Waals surface area contributed by atoms with E-state index in [1.54, 1.807) is 16.2 Å². The zero-order chi connectivity index (χ0) is 28.1. The molecule has 3 aromatic rings. The highest BCUT2D eigenvalue weighted by Gasteiger charge is 2.34. The fourth-order valence-electron chi connectivity index (χ4n) is 5.35. The van der Waals surface area contributed by atoms with Crippen LogP contribution in [0.5, 0.6) is 5.75 Å². The second-order valence-electron chi connectivity index (χ2n) is 11.0. The Bertz CT molecular complexity index is 1280. The first-order valence-electron chi connectivity index (χ1n) is 14.2. The van der Waals surface area contributed by atoms with Gasteiger partial charge in [-0.1, -0.05) is 43.7 Å². The molecule has 0 saturated carbocycles. The minimum atomic E-state index is -0.293. The highest BCUT2D eigenvalue weighted by atomic mass is 32.1. The van der Waals surface area contributed by atoms with E-state index in [-0.39, 0.29) is 30.6 Å². The van der Waals surface area contributed by atoms with Crippen LogP contribution in [0, 0.1) is 6.92 Å². The number of hydrogen-bond donors (Lipinski definition) is 1. The topological polar surface area (TPSA) is 71.1 Å².